The third-order valence-electron chi connectivity index (χ3n) is 7.95. The number of amides is 3. The van der Waals surface area contributed by atoms with Gasteiger partial charge in [0.25, 0.3) is 0 Å². The van der Waals surface area contributed by atoms with Crippen LogP contribution in [0, 0.1) is 11.3 Å². The van der Waals surface area contributed by atoms with E-state index in [1.54, 1.807) is 39.8 Å². The molecular weight excluding hydrogens is 554 g/mol. The number of aryl methyl sites for hydroxylation is 1. The molecule has 1 aromatic rings. The molecule has 0 bridgehead atoms. The molecule has 0 aromatic heterocycles. The number of ether oxygens (including phenoxy) is 2. The van der Waals surface area contributed by atoms with Crippen LogP contribution in [0.5, 0.6) is 0 Å². The standard InChI is InChI=1S/C32H47N3O8/c1-5-42-29(40)23(19-26(37)33-17-10-18-36)20-32(15-8-9-16-32)30(41)34-24-14-13-22-11-6-7-12-25(22)35(28(24)39)21-27(38)43-31(2,3)4/h6-7,11-12,23-24,36H,5,8-10,13-21H2,1-4H3,(H,33,37)(H,34,41)/t23?,24-/m0/s1. The first-order valence-electron chi connectivity index (χ1n) is 15.4. The van der Waals surface area contributed by atoms with Gasteiger partial charge in [-0.15, -0.1) is 0 Å². The van der Waals surface area contributed by atoms with Gasteiger partial charge in [0.2, 0.25) is 17.7 Å². The number of hydrogen-bond donors (Lipinski definition) is 3. The minimum Gasteiger partial charge on any atom is -0.466 e. The van der Waals surface area contributed by atoms with Crippen LogP contribution in [0.1, 0.15) is 84.6 Å². The van der Waals surface area contributed by atoms with Gasteiger partial charge < -0.3 is 25.2 Å². The Morgan fingerprint density at radius 1 is 1.14 bits per heavy atom. The van der Waals surface area contributed by atoms with Gasteiger partial charge in [-0.05, 0) is 77.8 Å². The van der Waals surface area contributed by atoms with E-state index in [1.807, 2.05) is 12.1 Å². The van der Waals surface area contributed by atoms with Crippen molar-refractivity contribution in [1.29, 1.82) is 0 Å². The van der Waals surface area contributed by atoms with Gasteiger partial charge in [0, 0.05) is 25.3 Å². The quantitative estimate of drug-likeness (QED) is 0.231. The third kappa shape index (κ3) is 9.51. The fourth-order valence-electron chi connectivity index (χ4n) is 5.98. The first-order valence-corrected chi connectivity index (χ1v) is 15.4. The molecule has 1 aromatic carbocycles. The third-order valence-corrected chi connectivity index (χ3v) is 7.95. The predicted octanol–water partition coefficient (Wildman–Crippen LogP) is 2.81. The van der Waals surface area contributed by atoms with Gasteiger partial charge in [0.15, 0.2) is 0 Å². The molecule has 1 aliphatic carbocycles. The molecule has 1 saturated carbocycles. The van der Waals surface area contributed by atoms with Crippen molar-refractivity contribution in [3.05, 3.63) is 29.8 Å². The van der Waals surface area contributed by atoms with E-state index in [0.717, 1.165) is 18.4 Å². The monoisotopic (exact) mass is 601 g/mol. The molecule has 1 fully saturated rings. The van der Waals surface area contributed by atoms with Crippen LogP contribution in [0.15, 0.2) is 24.3 Å². The molecule has 1 heterocycles. The number of fused-ring (bicyclic) bond motifs is 1. The number of carbonyl (C=O) groups excluding carboxylic acids is 5. The Hall–Kier alpha value is -3.47. The van der Waals surface area contributed by atoms with Crippen LogP contribution < -0.4 is 15.5 Å². The lowest BCUT2D eigenvalue weighted by Crippen LogP contribution is -2.53. The summed E-state index contributed by atoms with van der Waals surface area (Å²) in [4.78, 5) is 67.7. The summed E-state index contributed by atoms with van der Waals surface area (Å²) < 4.78 is 10.8. The largest absolute Gasteiger partial charge is 0.466 e. The maximum absolute atomic E-state index is 14.0. The molecule has 0 spiro atoms. The van der Waals surface area contributed by atoms with E-state index in [0.29, 0.717) is 37.8 Å². The van der Waals surface area contributed by atoms with Crippen LogP contribution in [0.4, 0.5) is 5.69 Å². The van der Waals surface area contributed by atoms with E-state index in [-0.39, 0.29) is 51.0 Å². The fourth-order valence-corrected chi connectivity index (χ4v) is 5.98. The number of anilines is 1. The number of carbonyl (C=O) groups is 5. The van der Waals surface area contributed by atoms with E-state index >= 15 is 0 Å². The summed E-state index contributed by atoms with van der Waals surface area (Å²) in [5, 5.41) is 14.7. The molecule has 3 rings (SSSR count). The first kappa shape index (κ1) is 34.0. The molecule has 0 radical (unpaired) electrons. The molecule has 2 atom stereocenters. The summed E-state index contributed by atoms with van der Waals surface area (Å²) in [6.45, 7) is 7.03. The van der Waals surface area contributed by atoms with E-state index < -0.39 is 40.8 Å². The van der Waals surface area contributed by atoms with Crippen molar-refractivity contribution in [3.8, 4) is 0 Å². The molecule has 2 aliphatic rings. The van der Waals surface area contributed by atoms with Crippen LogP contribution in [0.3, 0.4) is 0 Å². The van der Waals surface area contributed by atoms with Crippen molar-refractivity contribution in [1.82, 2.24) is 10.6 Å². The topological polar surface area (TPSA) is 151 Å². The minimum atomic E-state index is -0.946. The van der Waals surface area contributed by atoms with E-state index in [1.165, 1.54) is 4.90 Å². The number of nitrogens with zero attached hydrogens (tertiary/aromatic N) is 1. The lowest BCUT2D eigenvalue weighted by atomic mass is 9.75. The zero-order chi connectivity index (χ0) is 31.6. The SMILES string of the molecule is CCOC(=O)C(CC(=O)NCCCO)CC1(C(=O)N[C@H]2CCc3ccccc3N(CC(=O)OC(C)(C)C)C2=O)CCCC1. The Morgan fingerprint density at radius 3 is 2.49 bits per heavy atom. The van der Waals surface area contributed by atoms with Crippen LogP contribution in [-0.2, 0) is 39.9 Å². The van der Waals surface area contributed by atoms with Gasteiger partial charge >= 0.3 is 11.9 Å². The average Bonchev–Trinajstić information content (AvgIpc) is 3.38. The summed E-state index contributed by atoms with van der Waals surface area (Å²) in [7, 11) is 0. The van der Waals surface area contributed by atoms with Crippen molar-refractivity contribution in [2.45, 2.75) is 97.1 Å². The number of para-hydroxylation sites is 1. The van der Waals surface area contributed by atoms with Crippen molar-refractivity contribution < 1.29 is 38.6 Å². The highest BCUT2D eigenvalue weighted by molar-refractivity contribution is 6.03. The van der Waals surface area contributed by atoms with E-state index in [2.05, 4.69) is 10.6 Å². The summed E-state index contributed by atoms with van der Waals surface area (Å²) >= 11 is 0. The second-order valence-electron chi connectivity index (χ2n) is 12.5. The molecule has 11 heteroatoms. The van der Waals surface area contributed by atoms with Crippen LogP contribution in [-0.4, -0.2) is 72.7 Å². The fraction of sp³-hybridized carbons (Fsp3) is 0.656. The van der Waals surface area contributed by atoms with Crippen molar-refractivity contribution in [2.75, 3.05) is 31.2 Å². The Labute approximate surface area is 254 Å². The van der Waals surface area contributed by atoms with Gasteiger partial charge in [0.1, 0.15) is 18.2 Å². The first-order chi connectivity index (χ1) is 20.4. The zero-order valence-corrected chi connectivity index (χ0v) is 25.9. The zero-order valence-electron chi connectivity index (χ0n) is 25.9. The molecule has 3 N–H and O–H groups in total. The number of nitrogens with one attached hydrogen (secondary N) is 2. The van der Waals surface area contributed by atoms with Crippen LogP contribution in [0.25, 0.3) is 0 Å². The van der Waals surface area contributed by atoms with Crippen molar-refractivity contribution in [2.24, 2.45) is 11.3 Å². The number of rotatable bonds is 13. The summed E-state index contributed by atoms with van der Waals surface area (Å²) in [6, 6.07) is 6.48. The normalized spacial score (nSPS) is 18.7. The maximum Gasteiger partial charge on any atom is 0.326 e. The molecule has 1 aliphatic heterocycles. The average molecular weight is 602 g/mol. The summed E-state index contributed by atoms with van der Waals surface area (Å²) in [5.74, 6) is -3.01. The molecule has 238 valence electrons. The second kappa shape index (κ2) is 15.3. The van der Waals surface area contributed by atoms with Gasteiger partial charge in [-0.3, -0.25) is 28.9 Å². The van der Waals surface area contributed by atoms with E-state index in [4.69, 9.17) is 14.6 Å². The maximum atomic E-state index is 14.0. The number of benzene rings is 1. The lowest BCUT2D eigenvalue weighted by molar-refractivity contribution is -0.153. The van der Waals surface area contributed by atoms with Crippen molar-refractivity contribution >= 4 is 35.3 Å². The minimum absolute atomic E-state index is 0.0644. The number of aliphatic hydroxyl groups excluding tert-OH is 1. The Bertz CT molecular complexity index is 1160. The number of esters is 2. The highest BCUT2D eigenvalue weighted by atomic mass is 16.6. The smallest absolute Gasteiger partial charge is 0.326 e. The van der Waals surface area contributed by atoms with E-state index in [9.17, 15) is 24.0 Å². The second-order valence-corrected chi connectivity index (χ2v) is 12.5. The van der Waals surface area contributed by atoms with Crippen LogP contribution in [0.2, 0.25) is 0 Å². The molecular formula is C32H47N3O8. The summed E-state index contributed by atoms with van der Waals surface area (Å²) in [5.41, 5.74) is -0.168. The van der Waals surface area contributed by atoms with Gasteiger partial charge in [-0.25, -0.2) is 0 Å². The van der Waals surface area contributed by atoms with Crippen LogP contribution >= 0.6 is 0 Å². The number of aliphatic hydroxyl groups is 1. The Morgan fingerprint density at radius 2 is 1.84 bits per heavy atom. The van der Waals surface area contributed by atoms with Gasteiger partial charge in [-0.1, -0.05) is 31.0 Å². The highest BCUT2D eigenvalue weighted by Crippen LogP contribution is 2.44. The number of hydrogen-bond acceptors (Lipinski definition) is 8. The molecule has 3 amide bonds. The molecule has 0 saturated heterocycles. The highest BCUT2D eigenvalue weighted by Gasteiger charge is 2.46. The summed E-state index contributed by atoms with van der Waals surface area (Å²) in [6.07, 6.45) is 3.83. The molecule has 43 heavy (non-hydrogen) atoms. The molecule has 11 nitrogen and oxygen atoms in total. The Balaban J connectivity index is 1.82. The van der Waals surface area contributed by atoms with Gasteiger partial charge in [0.05, 0.1) is 17.9 Å². The predicted molar refractivity (Wildman–Crippen MR) is 160 cm³/mol. The lowest BCUT2D eigenvalue weighted by Gasteiger charge is -2.33. The van der Waals surface area contributed by atoms with Gasteiger partial charge in [-0.2, -0.15) is 0 Å². The Kier molecular flexibility index (Phi) is 12.1. The molecule has 1 unspecified atom stereocenters. The van der Waals surface area contributed by atoms with Crippen molar-refractivity contribution in [3.63, 3.8) is 0 Å².